The lowest BCUT2D eigenvalue weighted by Crippen LogP contribution is -2.65. The third-order valence-electron chi connectivity index (χ3n) is 4.33. The first-order valence-corrected chi connectivity index (χ1v) is 10.1. The molecule has 2 N–H and O–H groups in total. The van der Waals surface area contributed by atoms with Gasteiger partial charge in [0.15, 0.2) is 0 Å². The van der Waals surface area contributed by atoms with Crippen molar-refractivity contribution >= 4 is 23.3 Å². The SMILES string of the molecule is CC(C)N1C2COCC1CN(Cc1nccs1)C2.O=C(O)C(F)(F)F.O=C(O)C(F)(F)F. The summed E-state index contributed by atoms with van der Waals surface area (Å²) in [5.74, 6) is -5.51. The molecular formula is C17H23F6N3O5S. The van der Waals surface area contributed by atoms with Gasteiger partial charge in [0.1, 0.15) is 5.01 Å². The third-order valence-corrected chi connectivity index (χ3v) is 5.09. The number of aliphatic carboxylic acids is 2. The minimum absolute atomic E-state index is 0.553. The highest BCUT2D eigenvalue weighted by atomic mass is 32.1. The van der Waals surface area contributed by atoms with E-state index >= 15 is 0 Å². The standard InChI is InChI=1S/C13H21N3OS.2C2HF3O2/c1-10(2)16-11-5-15(6-12(16)9-17-8-11)7-13-14-3-4-18-13;2*3-2(4,5)1(6)7/h3-4,10-12H,5-9H2,1-2H3;2*(H,6,7). The van der Waals surface area contributed by atoms with Crippen molar-refractivity contribution in [3.8, 4) is 0 Å². The van der Waals surface area contributed by atoms with Gasteiger partial charge >= 0.3 is 24.3 Å². The number of thiazole rings is 1. The van der Waals surface area contributed by atoms with Crippen molar-refractivity contribution in [2.75, 3.05) is 26.3 Å². The van der Waals surface area contributed by atoms with Crippen LogP contribution in [0.5, 0.6) is 0 Å². The fraction of sp³-hybridized carbons (Fsp3) is 0.706. The number of fused-ring (bicyclic) bond motifs is 2. The molecule has 2 fully saturated rings. The number of rotatable bonds is 3. The van der Waals surface area contributed by atoms with Crippen molar-refractivity contribution in [3.63, 3.8) is 0 Å². The Hall–Kier alpha value is -1.97. The summed E-state index contributed by atoms with van der Waals surface area (Å²) in [6.45, 7) is 9.55. The molecule has 3 heterocycles. The summed E-state index contributed by atoms with van der Waals surface area (Å²) in [7, 11) is 0. The van der Waals surface area contributed by atoms with Gasteiger partial charge in [0.05, 0.1) is 19.8 Å². The van der Waals surface area contributed by atoms with Crippen LogP contribution >= 0.6 is 11.3 Å². The molecule has 3 rings (SSSR count). The van der Waals surface area contributed by atoms with Gasteiger partial charge < -0.3 is 14.9 Å². The highest BCUT2D eigenvalue weighted by molar-refractivity contribution is 7.09. The number of carboxylic acids is 2. The summed E-state index contributed by atoms with van der Waals surface area (Å²) >= 11 is 1.75. The molecule has 2 unspecified atom stereocenters. The van der Waals surface area contributed by atoms with Crippen molar-refractivity contribution in [2.45, 2.75) is 50.9 Å². The van der Waals surface area contributed by atoms with Crippen LogP contribution in [0.15, 0.2) is 11.6 Å². The Labute approximate surface area is 183 Å². The summed E-state index contributed by atoms with van der Waals surface area (Å²) in [5.41, 5.74) is 0. The largest absolute Gasteiger partial charge is 0.490 e. The summed E-state index contributed by atoms with van der Waals surface area (Å²) in [5, 5.41) is 17.5. The molecule has 0 amide bonds. The summed E-state index contributed by atoms with van der Waals surface area (Å²) < 4.78 is 69.2. The van der Waals surface area contributed by atoms with E-state index in [4.69, 9.17) is 24.5 Å². The lowest BCUT2D eigenvalue weighted by Gasteiger charge is -2.51. The Morgan fingerprint density at radius 1 is 1.09 bits per heavy atom. The molecule has 2 saturated heterocycles. The summed E-state index contributed by atoms with van der Waals surface area (Å²) in [6.07, 6.45) is -8.27. The van der Waals surface area contributed by atoms with Crippen LogP contribution in [0.4, 0.5) is 26.3 Å². The van der Waals surface area contributed by atoms with Crippen molar-refractivity contribution in [1.29, 1.82) is 0 Å². The highest BCUT2D eigenvalue weighted by Gasteiger charge is 2.40. The minimum atomic E-state index is -5.08. The van der Waals surface area contributed by atoms with Crippen molar-refractivity contribution < 1.29 is 50.9 Å². The van der Waals surface area contributed by atoms with Gasteiger partial charge in [-0.05, 0) is 13.8 Å². The Morgan fingerprint density at radius 3 is 1.84 bits per heavy atom. The number of carbonyl (C=O) groups is 2. The van der Waals surface area contributed by atoms with Gasteiger partial charge in [0.2, 0.25) is 0 Å². The molecular weight excluding hydrogens is 472 g/mol. The van der Waals surface area contributed by atoms with Gasteiger partial charge in [-0.2, -0.15) is 26.3 Å². The second-order valence-corrected chi connectivity index (χ2v) is 8.09. The van der Waals surface area contributed by atoms with E-state index in [2.05, 4.69) is 34.0 Å². The predicted molar refractivity (Wildman–Crippen MR) is 100 cm³/mol. The second-order valence-electron chi connectivity index (χ2n) is 7.11. The normalized spacial score (nSPS) is 21.8. The van der Waals surface area contributed by atoms with Crippen LogP contribution in [-0.2, 0) is 20.9 Å². The van der Waals surface area contributed by atoms with Crippen LogP contribution in [-0.4, -0.2) is 93.7 Å². The van der Waals surface area contributed by atoms with Crippen LogP contribution in [0.1, 0.15) is 18.9 Å². The lowest BCUT2D eigenvalue weighted by molar-refractivity contribution is -0.193. The lowest BCUT2D eigenvalue weighted by atomic mass is 10.0. The van der Waals surface area contributed by atoms with E-state index in [1.807, 2.05) is 6.20 Å². The smallest absolute Gasteiger partial charge is 0.475 e. The van der Waals surface area contributed by atoms with E-state index in [0.717, 1.165) is 32.8 Å². The fourth-order valence-electron chi connectivity index (χ4n) is 3.27. The van der Waals surface area contributed by atoms with Crippen LogP contribution < -0.4 is 0 Å². The fourth-order valence-corrected chi connectivity index (χ4v) is 3.93. The maximum Gasteiger partial charge on any atom is 0.490 e. The number of nitrogens with zero attached hydrogens (tertiary/aromatic N) is 3. The third kappa shape index (κ3) is 9.26. The number of hydrogen-bond donors (Lipinski definition) is 2. The molecule has 2 aliphatic heterocycles. The van der Waals surface area contributed by atoms with Crippen LogP contribution in [0.2, 0.25) is 0 Å². The average Bonchev–Trinajstić information content (AvgIpc) is 3.13. The van der Waals surface area contributed by atoms with Gasteiger partial charge in [-0.15, -0.1) is 11.3 Å². The Bertz CT molecular complexity index is 691. The first-order chi connectivity index (χ1) is 14.6. The Balaban J connectivity index is 0.000000305. The Morgan fingerprint density at radius 2 is 1.53 bits per heavy atom. The van der Waals surface area contributed by atoms with Crippen LogP contribution in [0.3, 0.4) is 0 Å². The van der Waals surface area contributed by atoms with E-state index < -0.39 is 24.3 Å². The van der Waals surface area contributed by atoms with E-state index in [1.165, 1.54) is 5.01 Å². The second kappa shape index (κ2) is 11.8. The van der Waals surface area contributed by atoms with Gasteiger partial charge in [0, 0.05) is 42.8 Å². The molecule has 32 heavy (non-hydrogen) atoms. The van der Waals surface area contributed by atoms with Gasteiger partial charge in [0.25, 0.3) is 0 Å². The zero-order valence-corrected chi connectivity index (χ0v) is 17.9. The molecule has 184 valence electrons. The van der Waals surface area contributed by atoms with Crippen molar-refractivity contribution in [3.05, 3.63) is 16.6 Å². The van der Waals surface area contributed by atoms with Crippen molar-refractivity contribution in [2.24, 2.45) is 0 Å². The summed E-state index contributed by atoms with van der Waals surface area (Å²) in [4.78, 5) is 27.4. The highest BCUT2D eigenvalue weighted by Crippen LogP contribution is 2.25. The molecule has 0 radical (unpaired) electrons. The van der Waals surface area contributed by atoms with E-state index in [-0.39, 0.29) is 0 Å². The molecule has 0 spiro atoms. The number of ether oxygens (including phenoxy) is 1. The zero-order valence-electron chi connectivity index (χ0n) is 17.1. The molecule has 0 aliphatic carbocycles. The number of morpholine rings is 1. The first-order valence-electron chi connectivity index (χ1n) is 9.19. The van der Waals surface area contributed by atoms with Gasteiger partial charge in [-0.25, -0.2) is 14.6 Å². The molecule has 1 aromatic heterocycles. The molecule has 0 saturated carbocycles. The number of carboxylic acid groups (broad SMARTS) is 2. The minimum Gasteiger partial charge on any atom is -0.475 e. The monoisotopic (exact) mass is 495 g/mol. The molecule has 0 aromatic carbocycles. The number of hydrogen-bond acceptors (Lipinski definition) is 7. The number of aromatic nitrogens is 1. The molecule has 2 atom stereocenters. The van der Waals surface area contributed by atoms with Crippen LogP contribution in [0.25, 0.3) is 0 Å². The van der Waals surface area contributed by atoms with E-state index in [9.17, 15) is 26.3 Å². The molecule has 1 aromatic rings. The molecule has 8 nitrogen and oxygen atoms in total. The average molecular weight is 495 g/mol. The molecule has 15 heteroatoms. The maximum absolute atomic E-state index is 10.6. The first kappa shape index (κ1) is 28.1. The number of halogens is 6. The van der Waals surface area contributed by atoms with E-state index in [0.29, 0.717) is 18.1 Å². The maximum atomic E-state index is 10.6. The number of alkyl halides is 6. The predicted octanol–water partition coefficient (Wildman–Crippen LogP) is 2.70. The Kier molecular flexibility index (Phi) is 10.3. The van der Waals surface area contributed by atoms with Crippen LogP contribution in [0, 0.1) is 0 Å². The summed E-state index contributed by atoms with van der Waals surface area (Å²) in [6, 6.07) is 1.72. The number of piperazine rings is 1. The zero-order chi connectivity index (χ0) is 24.7. The van der Waals surface area contributed by atoms with Gasteiger partial charge in [-0.1, -0.05) is 0 Å². The molecule has 2 bridgehead atoms. The topological polar surface area (TPSA) is 103 Å². The van der Waals surface area contributed by atoms with Crippen molar-refractivity contribution in [1.82, 2.24) is 14.8 Å². The van der Waals surface area contributed by atoms with Gasteiger partial charge in [-0.3, -0.25) is 9.80 Å². The molecule has 2 aliphatic rings. The quantitative estimate of drug-likeness (QED) is 0.618. The van der Waals surface area contributed by atoms with E-state index in [1.54, 1.807) is 11.3 Å².